The van der Waals surface area contributed by atoms with Gasteiger partial charge in [-0.15, -0.1) is 0 Å². The second-order valence-corrected chi connectivity index (χ2v) is 16.7. The number of halogens is 2. The SMILES string of the molecule is COC1=NO[C@@]2(CC[C@H](C)N3C[C@H]2n2cc(C(=O)NCc4ccc(F)cc4F)c(=O)c(OCOC(=O)CC(C)(C)c4c(CC(=O)O)cc(C)cc4OP(=O)(O)O)c2C3=O)C1. The van der Waals surface area contributed by atoms with Crippen LogP contribution in [0.15, 0.2) is 46.5 Å². The van der Waals surface area contributed by atoms with E-state index >= 15 is 0 Å². The fourth-order valence-corrected chi connectivity index (χ4v) is 8.40. The predicted molar refractivity (Wildman–Crippen MR) is 204 cm³/mol. The quantitative estimate of drug-likeness (QED) is 0.108. The van der Waals surface area contributed by atoms with Gasteiger partial charge in [0.15, 0.2) is 11.3 Å². The van der Waals surface area contributed by atoms with Gasteiger partial charge in [-0.2, -0.15) is 0 Å². The molecule has 0 unspecified atom stereocenters. The number of aryl methyl sites for hydroxylation is 1. The third-order valence-electron chi connectivity index (χ3n) is 10.8. The summed E-state index contributed by atoms with van der Waals surface area (Å²) >= 11 is 0. The van der Waals surface area contributed by atoms with E-state index in [0.29, 0.717) is 24.5 Å². The van der Waals surface area contributed by atoms with E-state index in [2.05, 4.69) is 10.5 Å². The van der Waals surface area contributed by atoms with Crippen molar-refractivity contribution in [2.75, 3.05) is 20.4 Å². The number of ether oxygens (including phenoxy) is 3. The monoisotopic (exact) mass is 860 g/mol. The van der Waals surface area contributed by atoms with Gasteiger partial charge in [-0.25, -0.2) is 13.3 Å². The Balaban J connectivity index is 1.34. The Kier molecular flexibility index (Phi) is 12.1. The topological polar surface area (TPSA) is 242 Å². The second-order valence-electron chi connectivity index (χ2n) is 15.5. The number of nitrogens with one attached hydrogen (secondary N) is 1. The third-order valence-corrected chi connectivity index (χ3v) is 11.2. The first-order valence-corrected chi connectivity index (χ1v) is 20.2. The van der Waals surface area contributed by atoms with Crippen LogP contribution in [0.2, 0.25) is 0 Å². The number of carboxylic acid groups (broad SMARTS) is 1. The van der Waals surface area contributed by atoms with Gasteiger partial charge in [-0.1, -0.05) is 31.1 Å². The number of carbonyl (C=O) groups excluding carboxylic acids is 3. The van der Waals surface area contributed by atoms with E-state index in [1.165, 1.54) is 48.8 Å². The lowest BCUT2D eigenvalue weighted by Crippen LogP contribution is -2.52. The van der Waals surface area contributed by atoms with Gasteiger partial charge in [0, 0.05) is 47.9 Å². The van der Waals surface area contributed by atoms with E-state index in [1.54, 1.807) is 6.92 Å². The average molecular weight is 861 g/mol. The Bertz CT molecular complexity index is 2400. The molecule has 0 radical (unpaired) electrons. The third kappa shape index (κ3) is 9.00. The van der Waals surface area contributed by atoms with Crippen LogP contribution < -0.4 is 20.0 Å². The number of nitrogens with zero attached hydrogens (tertiary/aromatic N) is 3. The molecule has 1 fully saturated rings. The standard InChI is InChI=1S/C39H43F2N4O14P/c1-20-10-23(12-30(46)47)32(27(11-20)58-60(52,53)54)38(3,4)15-31(48)56-19-57-35-33-37(51)44-18-28(39(9-8-21(44)2)14-29(55-5)43-59-39)45(33)17-25(34(35)49)36(50)42-16-22-6-7-24(40)13-26(22)41/h6-7,10-11,13,17,21,28H,8-9,12,14-16,18-19H2,1-5H3,(H,42,50)(H,46,47)(H2,52,53,54)/t21-,28+,39-/m0/s1. The number of fused-ring (bicyclic) bond motifs is 5. The fraction of sp³-hybridized carbons (Fsp3) is 0.436. The number of esters is 1. The van der Waals surface area contributed by atoms with Gasteiger partial charge >= 0.3 is 19.8 Å². The van der Waals surface area contributed by atoms with E-state index in [-0.39, 0.29) is 53.0 Å². The van der Waals surface area contributed by atoms with Gasteiger partial charge in [-0.3, -0.25) is 33.8 Å². The highest BCUT2D eigenvalue weighted by atomic mass is 31.2. The van der Waals surface area contributed by atoms with Crippen LogP contribution in [-0.4, -0.2) is 86.1 Å². The van der Waals surface area contributed by atoms with Crippen LogP contribution in [0.25, 0.3) is 0 Å². The molecule has 3 aliphatic rings. The number of amides is 2. The Morgan fingerprint density at radius 3 is 2.52 bits per heavy atom. The number of phosphoric ester groups is 1. The highest BCUT2D eigenvalue weighted by Crippen LogP contribution is 2.47. The van der Waals surface area contributed by atoms with Crippen LogP contribution in [0.3, 0.4) is 0 Å². The number of hydrogen-bond donors (Lipinski definition) is 4. The number of aliphatic carboxylic acids is 1. The molecule has 1 spiro atoms. The number of benzene rings is 2. The molecule has 6 rings (SSSR count). The summed E-state index contributed by atoms with van der Waals surface area (Å²) < 4.78 is 62.8. The van der Waals surface area contributed by atoms with Gasteiger partial charge in [0.05, 0.1) is 32.4 Å². The number of rotatable bonds is 13. The molecule has 21 heteroatoms. The van der Waals surface area contributed by atoms with Gasteiger partial charge in [0.2, 0.25) is 23.9 Å². The first-order chi connectivity index (χ1) is 28.1. The van der Waals surface area contributed by atoms with Crippen molar-refractivity contribution in [1.82, 2.24) is 14.8 Å². The highest BCUT2D eigenvalue weighted by Gasteiger charge is 2.55. The Hall–Kier alpha value is -5.85. The molecule has 1 saturated heterocycles. The van der Waals surface area contributed by atoms with E-state index in [9.17, 15) is 52.2 Å². The second kappa shape index (κ2) is 16.7. The largest absolute Gasteiger partial charge is 0.524 e. The van der Waals surface area contributed by atoms with Crippen LogP contribution >= 0.6 is 7.82 Å². The maximum Gasteiger partial charge on any atom is 0.524 e. The predicted octanol–water partition coefficient (Wildman–Crippen LogP) is 4.01. The molecule has 60 heavy (non-hydrogen) atoms. The molecule has 0 aliphatic carbocycles. The van der Waals surface area contributed by atoms with Crippen LogP contribution in [0, 0.1) is 18.6 Å². The van der Waals surface area contributed by atoms with E-state index in [1.807, 2.05) is 6.92 Å². The zero-order valence-corrected chi connectivity index (χ0v) is 34.0. The van der Waals surface area contributed by atoms with Crippen molar-refractivity contribution >= 4 is 37.5 Å². The normalized spacial score (nSPS) is 19.8. The summed E-state index contributed by atoms with van der Waals surface area (Å²) in [6, 6.07) is 4.41. The molecule has 3 aliphatic heterocycles. The minimum atomic E-state index is -5.15. The number of carboxylic acids is 1. The van der Waals surface area contributed by atoms with Gasteiger partial charge in [0.1, 0.15) is 22.9 Å². The molecule has 3 aromatic rings. The highest BCUT2D eigenvalue weighted by molar-refractivity contribution is 7.46. The zero-order valence-electron chi connectivity index (χ0n) is 33.2. The Labute approximate surface area is 341 Å². The fourth-order valence-electron chi connectivity index (χ4n) is 8.00. The maximum absolute atomic E-state index is 14.5. The molecule has 1 aromatic heterocycles. The van der Waals surface area contributed by atoms with Gasteiger partial charge in [-0.05, 0) is 49.9 Å². The van der Waals surface area contributed by atoms with Crippen LogP contribution in [0.1, 0.15) is 95.6 Å². The molecule has 3 atom stereocenters. The van der Waals surface area contributed by atoms with Crippen LogP contribution in [-0.2, 0) is 46.8 Å². The summed E-state index contributed by atoms with van der Waals surface area (Å²) in [5.74, 6) is -6.37. The minimum Gasteiger partial charge on any atom is -0.482 e. The summed E-state index contributed by atoms with van der Waals surface area (Å²) in [5, 5.41) is 16.1. The molecular formula is C39H43F2N4O14P. The zero-order chi connectivity index (χ0) is 43.9. The van der Waals surface area contributed by atoms with Crippen LogP contribution in [0.4, 0.5) is 8.78 Å². The summed E-state index contributed by atoms with van der Waals surface area (Å²) in [5.41, 5.74) is -3.90. The number of pyridine rings is 1. The molecule has 18 nitrogen and oxygen atoms in total. The van der Waals surface area contributed by atoms with Crippen molar-refractivity contribution in [2.45, 2.75) is 89.4 Å². The van der Waals surface area contributed by atoms with Crippen LogP contribution in [0.5, 0.6) is 11.5 Å². The average Bonchev–Trinajstić information content (AvgIpc) is 3.52. The summed E-state index contributed by atoms with van der Waals surface area (Å²) in [6.07, 6.45) is 1.09. The lowest BCUT2D eigenvalue weighted by molar-refractivity contribution is -0.151. The van der Waals surface area contributed by atoms with Crippen molar-refractivity contribution in [3.63, 3.8) is 0 Å². The molecule has 2 amide bonds. The molecule has 4 heterocycles. The smallest absolute Gasteiger partial charge is 0.482 e. The number of phosphoric acid groups is 1. The van der Waals surface area contributed by atoms with Crippen molar-refractivity contribution in [2.24, 2.45) is 5.16 Å². The van der Waals surface area contributed by atoms with Gasteiger partial charge in [0.25, 0.3) is 11.8 Å². The van der Waals surface area contributed by atoms with E-state index < -0.39 is 103 Å². The number of aromatic nitrogens is 1. The van der Waals surface area contributed by atoms with Crippen molar-refractivity contribution in [3.8, 4) is 11.5 Å². The summed E-state index contributed by atoms with van der Waals surface area (Å²) in [7, 11) is -3.73. The Morgan fingerprint density at radius 1 is 1.13 bits per heavy atom. The van der Waals surface area contributed by atoms with E-state index in [0.717, 1.165) is 12.1 Å². The molecule has 2 bridgehead atoms. The molecular weight excluding hydrogens is 817 g/mol. The number of carbonyl (C=O) groups is 4. The number of methoxy groups -OCH3 is 1. The first kappa shape index (κ1) is 43.7. The number of hydrogen-bond acceptors (Lipinski definition) is 12. The van der Waals surface area contributed by atoms with Crippen molar-refractivity contribution in [1.29, 1.82) is 0 Å². The Morgan fingerprint density at radius 2 is 1.87 bits per heavy atom. The first-order valence-electron chi connectivity index (χ1n) is 18.6. The lowest BCUT2D eigenvalue weighted by atomic mass is 9.77. The van der Waals surface area contributed by atoms with E-state index in [4.69, 9.17) is 23.6 Å². The molecule has 322 valence electrons. The van der Waals surface area contributed by atoms with Gasteiger partial charge < -0.3 is 43.5 Å². The minimum absolute atomic E-state index is 0.0169. The van der Waals surface area contributed by atoms with Crippen molar-refractivity contribution in [3.05, 3.63) is 91.9 Å². The number of oxime groups is 1. The van der Waals surface area contributed by atoms with Crippen molar-refractivity contribution < 1.29 is 71.0 Å². The molecule has 4 N–H and O–H groups in total. The molecule has 2 aromatic carbocycles. The lowest BCUT2D eigenvalue weighted by Gasteiger charge is -2.42. The maximum atomic E-state index is 14.5. The summed E-state index contributed by atoms with van der Waals surface area (Å²) in [6.45, 7) is 5.03. The molecule has 0 saturated carbocycles. The summed E-state index contributed by atoms with van der Waals surface area (Å²) in [4.78, 5) is 94.2.